The van der Waals surface area contributed by atoms with E-state index in [9.17, 15) is 9.59 Å². The van der Waals surface area contributed by atoms with Gasteiger partial charge in [-0.25, -0.2) is 4.79 Å². The standard InChI is InChI=1S/C25H17ClO4/c1-16-7-13-21-20(15-16)23(28)25(24(29-21)18-5-3-2-4-6-18)30-22(27)14-10-17-8-11-19(26)12-9-17/h2-15H,1H3. The lowest BCUT2D eigenvalue weighted by Crippen LogP contribution is -2.14. The Kier molecular flexibility index (Phi) is 5.50. The molecule has 4 aromatic rings. The van der Waals surface area contributed by atoms with Crippen LogP contribution in [-0.2, 0) is 4.79 Å². The fourth-order valence-electron chi connectivity index (χ4n) is 3.04. The molecule has 0 unspecified atom stereocenters. The molecule has 0 amide bonds. The second-order valence-electron chi connectivity index (χ2n) is 6.76. The Morgan fingerprint density at radius 1 is 1.00 bits per heavy atom. The second-order valence-corrected chi connectivity index (χ2v) is 7.20. The average molecular weight is 417 g/mol. The van der Waals surface area contributed by atoms with Gasteiger partial charge >= 0.3 is 5.97 Å². The summed E-state index contributed by atoms with van der Waals surface area (Å²) >= 11 is 5.87. The van der Waals surface area contributed by atoms with Crippen LogP contribution in [0.1, 0.15) is 11.1 Å². The highest BCUT2D eigenvalue weighted by atomic mass is 35.5. The molecular formula is C25H17ClO4. The molecule has 0 N–H and O–H groups in total. The molecule has 0 aliphatic heterocycles. The van der Waals surface area contributed by atoms with Gasteiger partial charge in [0.25, 0.3) is 0 Å². The van der Waals surface area contributed by atoms with Crippen molar-refractivity contribution in [1.82, 2.24) is 0 Å². The van der Waals surface area contributed by atoms with E-state index in [1.807, 2.05) is 31.2 Å². The van der Waals surface area contributed by atoms with E-state index in [1.54, 1.807) is 54.6 Å². The summed E-state index contributed by atoms with van der Waals surface area (Å²) in [7, 11) is 0. The minimum Gasteiger partial charge on any atom is -0.452 e. The van der Waals surface area contributed by atoms with Crippen molar-refractivity contribution in [2.24, 2.45) is 0 Å². The maximum Gasteiger partial charge on any atom is 0.336 e. The van der Waals surface area contributed by atoms with E-state index in [0.29, 0.717) is 21.6 Å². The van der Waals surface area contributed by atoms with Crippen molar-refractivity contribution in [3.63, 3.8) is 0 Å². The quantitative estimate of drug-likeness (QED) is 0.300. The lowest BCUT2D eigenvalue weighted by atomic mass is 10.1. The highest BCUT2D eigenvalue weighted by molar-refractivity contribution is 6.30. The number of carbonyl (C=O) groups excluding carboxylic acids is 1. The predicted molar refractivity (Wildman–Crippen MR) is 119 cm³/mol. The molecule has 0 aliphatic carbocycles. The van der Waals surface area contributed by atoms with E-state index in [2.05, 4.69) is 0 Å². The van der Waals surface area contributed by atoms with Gasteiger partial charge < -0.3 is 9.15 Å². The Hall–Kier alpha value is -3.63. The van der Waals surface area contributed by atoms with Crippen molar-refractivity contribution in [3.8, 4) is 17.1 Å². The zero-order chi connectivity index (χ0) is 21.1. The largest absolute Gasteiger partial charge is 0.452 e. The molecule has 3 aromatic carbocycles. The summed E-state index contributed by atoms with van der Waals surface area (Å²) in [5.74, 6) is -0.600. The van der Waals surface area contributed by atoms with Crippen LogP contribution in [0.5, 0.6) is 5.75 Å². The second kappa shape index (κ2) is 8.39. The third-order valence-electron chi connectivity index (χ3n) is 4.52. The molecule has 1 heterocycles. The molecule has 0 saturated heterocycles. The van der Waals surface area contributed by atoms with Crippen LogP contribution in [0.15, 0.2) is 88.1 Å². The van der Waals surface area contributed by atoms with Crippen molar-refractivity contribution >= 4 is 34.6 Å². The fourth-order valence-corrected chi connectivity index (χ4v) is 3.16. The Balaban J connectivity index is 1.76. The van der Waals surface area contributed by atoms with Crippen molar-refractivity contribution < 1.29 is 13.9 Å². The molecule has 0 atom stereocenters. The number of aryl methyl sites for hydroxylation is 1. The number of hydrogen-bond acceptors (Lipinski definition) is 4. The first kappa shape index (κ1) is 19.7. The summed E-state index contributed by atoms with van der Waals surface area (Å²) in [6.07, 6.45) is 2.85. The molecule has 0 bridgehead atoms. The molecule has 0 saturated carbocycles. The monoisotopic (exact) mass is 416 g/mol. The molecule has 4 nitrogen and oxygen atoms in total. The molecular weight excluding hydrogens is 400 g/mol. The first-order valence-electron chi connectivity index (χ1n) is 9.29. The first-order chi connectivity index (χ1) is 14.5. The molecule has 5 heteroatoms. The number of carbonyl (C=O) groups is 1. The van der Waals surface area contributed by atoms with Crippen molar-refractivity contribution in [1.29, 1.82) is 0 Å². The summed E-state index contributed by atoms with van der Waals surface area (Å²) in [6, 6.07) is 21.4. The molecule has 0 fully saturated rings. The molecule has 0 spiro atoms. The smallest absolute Gasteiger partial charge is 0.336 e. The number of halogens is 1. The zero-order valence-electron chi connectivity index (χ0n) is 16.1. The van der Waals surface area contributed by atoms with E-state index in [-0.39, 0.29) is 11.5 Å². The Morgan fingerprint density at radius 3 is 2.47 bits per heavy atom. The van der Waals surface area contributed by atoms with Gasteiger partial charge in [0, 0.05) is 16.7 Å². The van der Waals surface area contributed by atoms with Gasteiger partial charge in [-0.3, -0.25) is 4.79 Å². The topological polar surface area (TPSA) is 56.5 Å². The number of ether oxygens (including phenoxy) is 1. The van der Waals surface area contributed by atoms with Gasteiger partial charge in [-0.15, -0.1) is 0 Å². The van der Waals surface area contributed by atoms with E-state index >= 15 is 0 Å². The maximum absolute atomic E-state index is 13.1. The minimum absolute atomic E-state index is 0.134. The molecule has 4 rings (SSSR count). The zero-order valence-corrected chi connectivity index (χ0v) is 16.8. The number of hydrogen-bond donors (Lipinski definition) is 0. The summed E-state index contributed by atoms with van der Waals surface area (Å²) in [4.78, 5) is 25.6. The normalized spacial score (nSPS) is 11.1. The molecule has 0 aliphatic rings. The lowest BCUT2D eigenvalue weighted by Gasteiger charge is -2.10. The van der Waals surface area contributed by atoms with Gasteiger partial charge in [-0.1, -0.05) is 65.7 Å². The maximum atomic E-state index is 13.1. The Morgan fingerprint density at radius 2 is 1.73 bits per heavy atom. The van der Waals surface area contributed by atoms with Crippen LogP contribution in [0.25, 0.3) is 28.4 Å². The number of benzene rings is 3. The predicted octanol–water partition coefficient (Wildman–Crippen LogP) is 6.04. The highest BCUT2D eigenvalue weighted by Crippen LogP contribution is 2.31. The van der Waals surface area contributed by atoms with Gasteiger partial charge in [0.05, 0.1) is 5.39 Å². The SMILES string of the molecule is Cc1ccc2oc(-c3ccccc3)c(OC(=O)C=Cc3ccc(Cl)cc3)c(=O)c2c1. The van der Waals surface area contributed by atoms with Crippen LogP contribution in [0.2, 0.25) is 5.02 Å². The van der Waals surface area contributed by atoms with Gasteiger partial charge in [0.15, 0.2) is 5.76 Å². The third-order valence-corrected chi connectivity index (χ3v) is 4.78. The Bertz CT molecular complexity index is 1300. The molecule has 0 radical (unpaired) electrons. The van der Waals surface area contributed by atoms with Gasteiger partial charge in [-0.05, 0) is 42.8 Å². The van der Waals surface area contributed by atoms with Crippen molar-refractivity contribution in [3.05, 3.63) is 105 Å². The van der Waals surface area contributed by atoms with E-state index < -0.39 is 11.4 Å². The van der Waals surface area contributed by atoms with E-state index in [4.69, 9.17) is 20.8 Å². The fraction of sp³-hybridized carbons (Fsp3) is 0.0400. The summed E-state index contributed by atoms with van der Waals surface area (Å²) < 4.78 is 11.4. The van der Waals surface area contributed by atoms with Crippen molar-refractivity contribution in [2.45, 2.75) is 6.92 Å². The van der Waals surface area contributed by atoms with Crippen LogP contribution < -0.4 is 10.2 Å². The average Bonchev–Trinajstić information content (AvgIpc) is 2.76. The minimum atomic E-state index is -0.679. The van der Waals surface area contributed by atoms with Gasteiger partial charge in [0.1, 0.15) is 5.58 Å². The summed E-state index contributed by atoms with van der Waals surface area (Å²) in [6.45, 7) is 1.88. The van der Waals surface area contributed by atoms with E-state index in [0.717, 1.165) is 11.1 Å². The third kappa shape index (κ3) is 4.19. The van der Waals surface area contributed by atoms with Crippen LogP contribution in [0.4, 0.5) is 0 Å². The molecule has 30 heavy (non-hydrogen) atoms. The van der Waals surface area contributed by atoms with Gasteiger partial charge in [-0.2, -0.15) is 0 Å². The summed E-state index contributed by atoms with van der Waals surface area (Å²) in [5, 5.41) is 0.963. The first-order valence-corrected chi connectivity index (χ1v) is 9.67. The van der Waals surface area contributed by atoms with E-state index in [1.165, 1.54) is 6.08 Å². The number of fused-ring (bicyclic) bond motifs is 1. The van der Waals surface area contributed by atoms with Gasteiger partial charge in [0.2, 0.25) is 11.2 Å². The number of esters is 1. The molecule has 1 aromatic heterocycles. The molecule has 148 valence electrons. The lowest BCUT2D eigenvalue weighted by molar-refractivity contribution is -0.129. The highest BCUT2D eigenvalue weighted by Gasteiger charge is 2.19. The van der Waals surface area contributed by atoms with Crippen LogP contribution in [0, 0.1) is 6.92 Å². The van der Waals surface area contributed by atoms with Crippen molar-refractivity contribution in [2.75, 3.05) is 0 Å². The number of rotatable bonds is 4. The van der Waals surface area contributed by atoms with Crippen LogP contribution in [-0.4, -0.2) is 5.97 Å². The van der Waals surface area contributed by atoms with Crippen LogP contribution >= 0.6 is 11.6 Å². The summed E-state index contributed by atoms with van der Waals surface area (Å²) in [5.41, 5.74) is 2.36. The van der Waals surface area contributed by atoms with Crippen LogP contribution in [0.3, 0.4) is 0 Å². The Labute approximate surface area is 178 Å².